The number of hydrogen-bond donors (Lipinski definition) is 3. The largest absolute Gasteiger partial charge is 0.468 e. The van der Waals surface area contributed by atoms with Crippen molar-refractivity contribution >= 4 is 47.0 Å². The van der Waals surface area contributed by atoms with E-state index in [1.165, 1.54) is 19.3 Å². The molecule has 0 unspecified atom stereocenters. The maximum atomic E-state index is 11.7. The minimum absolute atomic E-state index is 0.251. The van der Waals surface area contributed by atoms with E-state index in [1.54, 1.807) is 0 Å². The van der Waals surface area contributed by atoms with Crippen LogP contribution in [0.15, 0.2) is 30.3 Å². The van der Waals surface area contributed by atoms with Crippen molar-refractivity contribution in [3.8, 4) is 0 Å². The fraction of sp³-hybridized carbons (Fsp3) is 0.188. The van der Waals surface area contributed by atoms with E-state index in [1.807, 2.05) is 24.3 Å². The number of methoxy groups -OCH3 is 1. The molecule has 0 radical (unpaired) electrons. The number of nitrogens with zero attached hydrogens (tertiary/aromatic N) is 1. The highest BCUT2D eigenvalue weighted by Gasteiger charge is 2.06. The highest BCUT2D eigenvalue weighted by Crippen LogP contribution is 2.12. The molecule has 1 heterocycles. The van der Waals surface area contributed by atoms with Gasteiger partial charge in [-0.2, -0.15) is 0 Å². The molecule has 0 fully saturated rings. The fourth-order valence-electron chi connectivity index (χ4n) is 1.88. The molecule has 3 N–H and O–H groups in total. The number of esters is 1. The van der Waals surface area contributed by atoms with Gasteiger partial charge in [0.25, 0.3) is 0 Å². The molecular formula is C16H16N4O4S. The van der Waals surface area contributed by atoms with Crippen molar-refractivity contribution in [2.75, 3.05) is 20.2 Å². The van der Waals surface area contributed by atoms with Gasteiger partial charge in [-0.15, -0.1) is 0 Å². The van der Waals surface area contributed by atoms with Gasteiger partial charge in [0.05, 0.1) is 13.7 Å². The summed E-state index contributed by atoms with van der Waals surface area (Å²) in [6, 6.07) is 7.44. The molecule has 0 aliphatic carbocycles. The molecule has 0 aliphatic rings. The van der Waals surface area contributed by atoms with E-state index >= 15 is 0 Å². The number of aromatic amines is 1. The Balaban J connectivity index is 1.91. The zero-order valence-electron chi connectivity index (χ0n) is 13.4. The first kappa shape index (κ1) is 18.3. The Hall–Kier alpha value is -3.07. The molecule has 2 rings (SSSR count). The second kappa shape index (κ2) is 8.69. The van der Waals surface area contributed by atoms with E-state index in [9.17, 15) is 14.4 Å². The lowest BCUT2D eigenvalue weighted by atomic mass is 10.2. The molecule has 8 nitrogen and oxygen atoms in total. The van der Waals surface area contributed by atoms with Gasteiger partial charge in [0.1, 0.15) is 17.0 Å². The summed E-state index contributed by atoms with van der Waals surface area (Å²) in [7, 11) is 1.22. The van der Waals surface area contributed by atoms with Crippen LogP contribution in [-0.4, -0.2) is 48.0 Å². The van der Waals surface area contributed by atoms with E-state index in [0.29, 0.717) is 10.5 Å². The molecule has 0 atom stereocenters. The van der Waals surface area contributed by atoms with Gasteiger partial charge in [0.15, 0.2) is 0 Å². The minimum Gasteiger partial charge on any atom is -0.468 e. The number of nitrogens with one attached hydrogen (secondary N) is 3. The summed E-state index contributed by atoms with van der Waals surface area (Å²) in [6.45, 7) is -0.514. The van der Waals surface area contributed by atoms with E-state index in [-0.39, 0.29) is 13.1 Å². The Morgan fingerprint density at radius 3 is 2.76 bits per heavy atom. The number of carbonyl (C=O) groups excluding carboxylic acids is 3. The number of para-hydroxylation sites is 1. The first-order valence-corrected chi connectivity index (χ1v) is 7.69. The van der Waals surface area contributed by atoms with Crippen LogP contribution in [0.2, 0.25) is 0 Å². The molecule has 9 heteroatoms. The fourth-order valence-corrected chi connectivity index (χ4v) is 2.16. The van der Waals surface area contributed by atoms with Gasteiger partial charge in [0.2, 0.25) is 11.8 Å². The lowest BCUT2D eigenvalue weighted by molar-refractivity contribution is -0.141. The smallest absolute Gasteiger partial charge is 0.325 e. The summed E-state index contributed by atoms with van der Waals surface area (Å²) in [5, 5.41) is 5.51. The third-order valence-electron chi connectivity index (χ3n) is 3.12. The minimum atomic E-state index is -0.572. The van der Waals surface area contributed by atoms with Gasteiger partial charge >= 0.3 is 5.97 Å². The molecular weight excluding hydrogens is 344 g/mol. The summed E-state index contributed by atoms with van der Waals surface area (Å²) >= 11 is 5.21. The zero-order valence-corrected chi connectivity index (χ0v) is 14.2. The van der Waals surface area contributed by atoms with Crippen molar-refractivity contribution < 1.29 is 19.1 Å². The molecule has 0 saturated carbocycles. The SMILES string of the molecule is COC(=O)CNC(=O)CNC(=O)/C=C/c1nc(=S)c2ccccc2[nH]1. The number of rotatable bonds is 6. The van der Waals surface area contributed by atoms with Crippen LogP contribution in [0.4, 0.5) is 0 Å². The number of H-pyrrole nitrogens is 1. The van der Waals surface area contributed by atoms with E-state index in [4.69, 9.17) is 12.2 Å². The second-order valence-electron chi connectivity index (χ2n) is 4.88. The number of ether oxygens (including phenoxy) is 1. The maximum absolute atomic E-state index is 11.7. The third kappa shape index (κ3) is 5.50. The predicted octanol–water partition coefficient (Wildman–Crippen LogP) is 0.711. The van der Waals surface area contributed by atoms with Crippen molar-refractivity contribution in [3.63, 3.8) is 0 Å². The lowest BCUT2D eigenvalue weighted by Crippen LogP contribution is -2.38. The number of amides is 2. The van der Waals surface area contributed by atoms with Crippen LogP contribution in [0.3, 0.4) is 0 Å². The average molecular weight is 360 g/mol. The van der Waals surface area contributed by atoms with Crippen LogP contribution in [0.5, 0.6) is 0 Å². The standard InChI is InChI=1S/C16H16N4O4S/c1-24-15(23)9-18-14(22)8-17-13(21)7-6-12-19-11-5-3-2-4-10(11)16(25)20-12/h2-7H,8-9H2,1H3,(H,17,21)(H,18,22)(H,19,20,25)/b7-6+. The van der Waals surface area contributed by atoms with Gasteiger partial charge < -0.3 is 20.4 Å². The number of fused-ring (bicyclic) bond motifs is 1. The number of aromatic nitrogens is 2. The summed E-state index contributed by atoms with van der Waals surface area (Å²) in [6.07, 6.45) is 2.69. The lowest BCUT2D eigenvalue weighted by Gasteiger charge is -2.04. The molecule has 0 bridgehead atoms. The first-order chi connectivity index (χ1) is 12.0. The highest BCUT2D eigenvalue weighted by molar-refractivity contribution is 7.71. The van der Waals surface area contributed by atoms with E-state index in [2.05, 4.69) is 25.3 Å². The molecule has 130 valence electrons. The normalized spacial score (nSPS) is 10.6. The first-order valence-electron chi connectivity index (χ1n) is 7.28. The Bertz CT molecular complexity index is 891. The monoisotopic (exact) mass is 360 g/mol. The molecule has 2 aromatic rings. The van der Waals surface area contributed by atoms with Crippen LogP contribution >= 0.6 is 12.2 Å². The van der Waals surface area contributed by atoms with Crippen molar-refractivity contribution in [1.82, 2.24) is 20.6 Å². The summed E-state index contributed by atoms with van der Waals surface area (Å²) in [5.74, 6) is -1.14. The molecule has 25 heavy (non-hydrogen) atoms. The van der Waals surface area contributed by atoms with Gasteiger partial charge in [-0.1, -0.05) is 24.4 Å². The van der Waals surface area contributed by atoms with Crippen molar-refractivity contribution in [1.29, 1.82) is 0 Å². The summed E-state index contributed by atoms with van der Waals surface area (Å²) in [4.78, 5) is 41.3. The van der Waals surface area contributed by atoms with Gasteiger partial charge in [-0.05, 0) is 18.2 Å². The topological polar surface area (TPSA) is 113 Å². The van der Waals surface area contributed by atoms with Crippen molar-refractivity contribution in [2.45, 2.75) is 0 Å². The molecule has 1 aromatic heterocycles. The Morgan fingerprint density at radius 1 is 1.24 bits per heavy atom. The number of carbonyl (C=O) groups is 3. The third-order valence-corrected chi connectivity index (χ3v) is 3.43. The quantitative estimate of drug-likeness (QED) is 0.397. The highest BCUT2D eigenvalue weighted by atomic mass is 32.1. The Labute approximate surface area is 148 Å². The van der Waals surface area contributed by atoms with Crippen LogP contribution in [-0.2, 0) is 19.1 Å². The van der Waals surface area contributed by atoms with E-state index < -0.39 is 17.8 Å². The van der Waals surface area contributed by atoms with Gasteiger partial charge in [0, 0.05) is 17.0 Å². The van der Waals surface area contributed by atoms with Gasteiger partial charge in [-0.3, -0.25) is 14.4 Å². The van der Waals surface area contributed by atoms with Crippen LogP contribution in [0.25, 0.3) is 17.0 Å². The molecule has 0 saturated heterocycles. The molecule has 0 aliphatic heterocycles. The molecule has 0 spiro atoms. The number of benzene rings is 1. The van der Waals surface area contributed by atoms with E-state index in [0.717, 1.165) is 10.9 Å². The zero-order chi connectivity index (χ0) is 18.2. The van der Waals surface area contributed by atoms with Crippen molar-refractivity contribution in [2.24, 2.45) is 0 Å². The molecule has 1 aromatic carbocycles. The van der Waals surface area contributed by atoms with Crippen LogP contribution in [0, 0.1) is 4.64 Å². The predicted molar refractivity (Wildman–Crippen MR) is 94.0 cm³/mol. The second-order valence-corrected chi connectivity index (χ2v) is 5.26. The Morgan fingerprint density at radius 2 is 2.00 bits per heavy atom. The van der Waals surface area contributed by atoms with Crippen molar-refractivity contribution in [3.05, 3.63) is 40.8 Å². The molecule has 2 amide bonds. The Kier molecular flexibility index (Phi) is 6.35. The van der Waals surface area contributed by atoms with Crippen LogP contribution in [0.1, 0.15) is 5.82 Å². The van der Waals surface area contributed by atoms with Crippen LogP contribution < -0.4 is 10.6 Å². The number of hydrogen-bond acceptors (Lipinski definition) is 6. The summed E-state index contributed by atoms with van der Waals surface area (Å²) in [5.41, 5.74) is 0.810. The maximum Gasteiger partial charge on any atom is 0.325 e. The van der Waals surface area contributed by atoms with Gasteiger partial charge in [-0.25, -0.2) is 4.98 Å². The summed E-state index contributed by atoms with van der Waals surface area (Å²) < 4.78 is 4.81. The average Bonchev–Trinajstić information content (AvgIpc) is 2.62.